The largest absolute Gasteiger partial charge is 0.356 e. The van der Waals surface area contributed by atoms with Crippen molar-refractivity contribution in [3.63, 3.8) is 0 Å². The molecule has 1 aliphatic rings. The van der Waals surface area contributed by atoms with Crippen LogP contribution in [0.5, 0.6) is 0 Å². The highest BCUT2D eigenvalue weighted by atomic mass is 15.2. The van der Waals surface area contributed by atoms with Gasteiger partial charge in [-0.25, -0.2) is 4.98 Å². The highest BCUT2D eigenvalue weighted by molar-refractivity contribution is 5.81. The van der Waals surface area contributed by atoms with Gasteiger partial charge in [0.25, 0.3) is 0 Å². The van der Waals surface area contributed by atoms with Crippen molar-refractivity contribution in [2.45, 2.75) is 38.5 Å². The van der Waals surface area contributed by atoms with Crippen LogP contribution in [0, 0.1) is 0 Å². The number of nitrogens with two attached hydrogens (primary N) is 1. The summed E-state index contributed by atoms with van der Waals surface area (Å²) in [7, 11) is 0. The molecule has 3 nitrogen and oxygen atoms in total. The average Bonchev–Trinajstić information content (AvgIpc) is 2.47. The molecule has 2 N–H and O–H groups in total. The summed E-state index contributed by atoms with van der Waals surface area (Å²) in [6, 6.07) is 10.7. The lowest BCUT2D eigenvalue weighted by Gasteiger charge is -2.28. The maximum Gasteiger partial charge on any atom is 0.132 e. The summed E-state index contributed by atoms with van der Waals surface area (Å²) < 4.78 is 0. The number of pyridine rings is 1. The first-order valence-corrected chi connectivity index (χ1v) is 8.22. The van der Waals surface area contributed by atoms with Crippen molar-refractivity contribution < 1.29 is 0 Å². The van der Waals surface area contributed by atoms with Crippen molar-refractivity contribution >= 4 is 16.7 Å². The molecule has 0 aliphatic carbocycles. The summed E-state index contributed by atoms with van der Waals surface area (Å²) in [6.07, 6.45) is 7.53. The SMILES string of the molecule is NCCc1cc2ccccc2nc1N1CCCCCCC1. The van der Waals surface area contributed by atoms with E-state index in [4.69, 9.17) is 10.7 Å². The van der Waals surface area contributed by atoms with E-state index in [1.807, 2.05) is 0 Å². The van der Waals surface area contributed by atoms with Gasteiger partial charge in [-0.1, -0.05) is 37.5 Å². The molecule has 0 radical (unpaired) electrons. The van der Waals surface area contributed by atoms with Gasteiger partial charge in [0.05, 0.1) is 5.52 Å². The molecule has 1 saturated heterocycles. The van der Waals surface area contributed by atoms with E-state index in [9.17, 15) is 0 Å². The van der Waals surface area contributed by atoms with E-state index in [0.29, 0.717) is 6.54 Å². The average molecular weight is 283 g/mol. The number of hydrogen-bond donors (Lipinski definition) is 1. The second-order valence-corrected chi connectivity index (χ2v) is 5.96. The molecule has 2 heterocycles. The van der Waals surface area contributed by atoms with Crippen molar-refractivity contribution in [2.75, 3.05) is 24.5 Å². The molecule has 1 aromatic heterocycles. The zero-order valence-electron chi connectivity index (χ0n) is 12.7. The third-order valence-electron chi connectivity index (χ3n) is 4.35. The molecule has 0 atom stereocenters. The first kappa shape index (κ1) is 14.3. The molecule has 3 rings (SSSR count). The van der Waals surface area contributed by atoms with Gasteiger partial charge in [-0.2, -0.15) is 0 Å². The van der Waals surface area contributed by atoms with Crippen molar-refractivity contribution in [1.29, 1.82) is 0 Å². The Kier molecular flexibility index (Phi) is 4.71. The van der Waals surface area contributed by atoms with Crippen LogP contribution in [-0.4, -0.2) is 24.6 Å². The summed E-state index contributed by atoms with van der Waals surface area (Å²) in [5.41, 5.74) is 8.21. The minimum absolute atomic E-state index is 0.681. The van der Waals surface area contributed by atoms with Gasteiger partial charge in [0.1, 0.15) is 5.82 Å². The van der Waals surface area contributed by atoms with Crippen molar-refractivity contribution in [2.24, 2.45) is 5.73 Å². The Morgan fingerprint density at radius 3 is 2.48 bits per heavy atom. The van der Waals surface area contributed by atoms with Crippen molar-refractivity contribution in [3.8, 4) is 0 Å². The molecule has 1 aromatic carbocycles. The predicted octanol–water partition coefficient (Wildman–Crippen LogP) is 3.51. The Labute approximate surface area is 127 Å². The number of anilines is 1. The Morgan fingerprint density at radius 1 is 1.00 bits per heavy atom. The van der Waals surface area contributed by atoms with E-state index in [2.05, 4.69) is 35.2 Å². The summed E-state index contributed by atoms with van der Waals surface area (Å²) in [5, 5.41) is 1.22. The van der Waals surface area contributed by atoms with Gasteiger partial charge in [0, 0.05) is 18.5 Å². The molecule has 1 aliphatic heterocycles. The van der Waals surface area contributed by atoms with Crippen molar-refractivity contribution in [1.82, 2.24) is 4.98 Å². The summed E-state index contributed by atoms with van der Waals surface area (Å²) in [6.45, 7) is 2.94. The third kappa shape index (κ3) is 3.35. The van der Waals surface area contributed by atoms with E-state index in [-0.39, 0.29) is 0 Å². The molecule has 0 bridgehead atoms. The van der Waals surface area contributed by atoms with Gasteiger partial charge >= 0.3 is 0 Å². The quantitative estimate of drug-likeness (QED) is 0.937. The monoisotopic (exact) mass is 283 g/mol. The number of rotatable bonds is 3. The summed E-state index contributed by atoms with van der Waals surface area (Å²) in [4.78, 5) is 7.44. The number of benzene rings is 1. The maximum absolute atomic E-state index is 5.81. The van der Waals surface area contributed by atoms with Crippen LogP contribution in [0.25, 0.3) is 10.9 Å². The first-order valence-electron chi connectivity index (χ1n) is 8.22. The van der Waals surface area contributed by atoms with Gasteiger partial charge in [-0.05, 0) is 43.5 Å². The molecule has 0 unspecified atom stereocenters. The second kappa shape index (κ2) is 6.90. The Morgan fingerprint density at radius 2 is 1.71 bits per heavy atom. The minimum atomic E-state index is 0.681. The van der Waals surface area contributed by atoms with Crippen LogP contribution in [0.3, 0.4) is 0 Å². The summed E-state index contributed by atoms with van der Waals surface area (Å²) in [5.74, 6) is 1.17. The van der Waals surface area contributed by atoms with Crippen LogP contribution >= 0.6 is 0 Å². The number of nitrogens with zero attached hydrogens (tertiary/aromatic N) is 2. The standard InChI is InChI=1S/C18H25N3/c19-11-10-16-14-15-8-4-5-9-17(15)20-18(16)21-12-6-2-1-3-7-13-21/h4-5,8-9,14H,1-3,6-7,10-13,19H2. The number of para-hydroxylation sites is 1. The van der Waals surface area contributed by atoms with E-state index in [1.54, 1.807) is 0 Å². The number of aromatic nitrogens is 1. The maximum atomic E-state index is 5.81. The lowest BCUT2D eigenvalue weighted by molar-refractivity contribution is 0.553. The Balaban J connectivity index is 1.98. The van der Waals surface area contributed by atoms with Crippen LogP contribution in [0.15, 0.2) is 30.3 Å². The highest BCUT2D eigenvalue weighted by Crippen LogP contribution is 2.26. The zero-order valence-corrected chi connectivity index (χ0v) is 12.7. The van der Waals surface area contributed by atoms with Gasteiger partial charge in [0.2, 0.25) is 0 Å². The van der Waals surface area contributed by atoms with Crippen LogP contribution in [0.1, 0.15) is 37.7 Å². The Bertz CT molecular complexity index is 586. The fraction of sp³-hybridized carbons (Fsp3) is 0.500. The van der Waals surface area contributed by atoms with Gasteiger partial charge < -0.3 is 10.6 Å². The number of hydrogen-bond acceptors (Lipinski definition) is 3. The third-order valence-corrected chi connectivity index (χ3v) is 4.35. The van der Waals surface area contributed by atoms with Gasteiger partial charge in [-0.3, -0.25) is 0 Å². The van der Waals surface area contributed by atoms with Crippen molar-refractivity contribution in [3.05, 3.63) is 35.9 Å². The Hall–Kier alpha value is -1.61. The first-order chi connectivity index (χ1) is 10.4. The zero-order chi connectivity index (χ0) is 14.5. The van der Waals surface area contributed by atoms with E-state index in [1.165, 1.54) is 48.9 Å². The van der Waals surface area contributed by atoms with Gasteiger partial charge in [0.15, 0.2) is 0 Å². The van der Waals surface area contributed by atoms with Crippen LogP contribution < -0.4 is 10.6 Å². The van der Waals surface area contributed by atoms with Crippen LogP contribution in [-0.2, 0) is 6.42 Å². The molecule has 0 spiro atoms. The summed E-state index contributed by atoms with van der Waals surface area (Å²) >= 11 is 0. The molecule has 1 fully saturated rings. The topological polar surface area (TPSA) is 42.1 Å². The fourth-order valence-electron chi connectivity index (χ4n) is 3.22. The van der Waals surface area contributed by atoms with E-state index in [0.717, 1.165) is 25.0 Å². The minimum Gasteiger partial charge on any atom is -0.356 e. The van der Waals surface area contributed by atoms with Crippen LogP contribution in [0.2, 0.25) is 0 Å². The molecular formula is C18H25N3. The highest BCUT2D eigenvalue weighted by Gasteiger charge is 2.15. The molecular weight excluding hydrogens is 258 g/mol. The molecule has 21 heavy (non-hydrogen) atoms. The lowest BCUT2D eigenvalue weighted by atomic mass is 10.1. The predicted molar refractivity (Wildman–Crippen MR) is 89.8 cm³/mol. The van der Waals surface area contributed by atoms with Crippen LogP contribution in [0.4, 0.5) is 5.82 Å². The molecule has 0 amide bonds. The van der Waals surface area contributed by atoms with E-state index < -0.39 is 0 Å². The fourth-order valence-corrected chi connectivity index (χ4v) is 3.22. The molecule has 112 valence electrons. The van der Waals surface area contributed by atoms with E-state index >= 15 is 0 Å². The molecule has 0 saturated carbocycles. The second-order valence-electron chi connectivity index (χ2n) is 5.96. The smallest absolute Gasteiger partial charge is 0.132 e. The molecule has 2 aromatic rings. The van der Waals surface area contributed by atoms with Gasteiger partial charge in [-0.15, -0.1) is 0 Å². The number of fused-ring (bicyclic) bond motifs is 1. The molecule has 3 heteroatoms. The normalized spacial score (nSPS) is 16.7. The lowest BCUT2D eigenvalue weighted by Crippen LogP contribution is -2.29.